The van der Waals surface area contributed by atoms with E-state index in [1.54, 1.807) is 25.1 Å². The van der Waals surface area contributed by atoms with E-state index in [2.05, 4.69) is 20.5 Å². The number of anilines is 1. The first-order valence-corrected chi connectivity index (χ1v) is 17.7. The van der Waals surface area contributed by atoms with E-state index >= 15 is 8.78 Å². The van der Waals surface area contributed by atoms with E-state index < -0.39 is 24.2 Å². The van der Waals surface area contributed by atoms with Crippen LogP contribution in [0.2, 0.25) is 0 Å². The minimum Gasteiger partial charge on any atom is -0.493 e. The fraction of sp³-hybridized carbons (Fsp3) is 0.289. The van der Waals surface area contributed by atoms with Gasteiger partial charge in [-0.1, -0.05) is 18.2 Å². The van der Waals surface area contributed by atoms with Gasteiger partial charge in [0.15, 0.2) is 11.6 Å². The Morgan fingerprint density at radius 1 is 1.06 bits per heavy atom. The van der Waals surface area contributed by atoms with Gasteiger partial charge in [-0.15, -0.1) is 21.5 Å². The summed E-state index contributed by atoms with van der Waals surface area (Å²) in [6.07, 6.45) is 3.45. The lowest BCUT2D eigenvalue weighted by molar-refractivity contribution is -0.00736. The number of ether oxygens (including phenoxy) is 1. The first-order chi connectivity index (χ1) is 25.1. The highest BCUT2D eigenvalue weighted by Crippen LogP contribution is 2.52. The van der Waals surface area contributed by atoms with Crippen molar-refractivity contribution in [2.75, 3.05) is 19.0 Å². The summed E-state index contributed by atoms with van der Waals surface area (Å²) in [7, 11) is 1.26. The number of methoxy groups -OCH3 is 1. The Balaban J connectivity index is 1.21. The summed E-state index contributed by atoms with van der Waals surface area (Å²) < 4.78 is 71.3. The molecule has 6 aromatic rings. The first-order valence-electron chi connectivity index (χ1n) is 16.9. The zero-order chi connectivity index (χ0) is 35.9. The average Bonchev–Trinajstić information content (AvgIpc) is 3.95. The third kappa shape index (κ3) is 5.13. The van der Waals surface area contributed by atoms with Crippen molar-refractivity contribution in [1.29, 1.82) is 0 Å². The van der Waals surface area contributed by atoms with Gasteiger partial charge in [-0.05, 0) is 72.5 Å². The molecule has 3 aliphatic rings. The fourth-order valence-electron chi connectivity index (χ4n) is 7.88. The van der Waals surface area contributed by atoms with Crippen LogP contribution in [0.1, 0.15) is 69.3 Å². The van der Waals surface area contributed by atoms with E-state index in [-0.39, 0.29) is 46.4 Å². The molecule has 9 nitrogen and oxygen atoms in total. The van der Waals surface area contributed by atoms with E-state index in [1.165, 1.54) is 42.8 Å². The topological polar surface area (TPSA) is 106 Å². The van der Waals surface area contributed by atoms with Crippen molar-refractivity contribution in [2.24, 2.45) is 0 Å². The van der Waals surface area contributed by atoms with Crippen LogP contribution < -0.4 is 10.1 Å². The third-order valence-electron chi connectivity index (χ3n) is 10.2. The Kier molecular flexibility index (Phi) is 7.58. The van der Waals surface area contributed by atoms with Crippen LogP contribution in [0.25, 0.3) is 32.0 Å². The number of aryl methyl sites for hydroxylation is 3. The number of benzene rings is 2. The second-order valence-corrected chi connectivity index (χ2v) is 14.4. The molecule has 0 bridgehead atoms. The molecular formula is C38H30F4N6O3S. The van der Waals surface area contributed by atoms with Crippen LogP contribution in [0.4, 0.5) is 23.4 Å². The SMILES string of the molecule is COc1c(F)ccc2c1CC(F)(F)[C@H]2Nc1nccc2cc(-c3c4c(nc(CCc5ccc(F)cc5)c3-c3nnc(C)o3)[C@@H]3CCCN3C4=O)sc12. The number of nitrogens with zero attached hydrogens (tertiary/aromatic N) is 5. The van der Waals surface area contributed by atoms with Crippen LogP contribution in [0.15, 0.2) is 59.1 Å². The molecule has 2 aromatic carbocycles. The average molecular weight is 727 g/mol. The number of fused-ring (bicyclic) bond motifs is 5. The lowest BCUT2D eigenvalue weighted by Gasteiger charge is -2.22. The number of nitrogens with one attached hydrogen (secondary N) is 1. The Morgan fingerprint density at radius 2 is 1.88 bits per heavy atom. The number of thiophene rings is 1. The van der Waals surface area contributed by atoms with E-state index in [9.17, 15) is 13.6 Å². The summed E-state index contributed by atoms with van der Waals surface area (Å²) >= 11 is 1.30. The van der Waals surface area contributed by atoms with Gasteiger partial charge in [0.05, 0.1) is 40.4 Å². The van der Waals surface area contributed by atoms with Crippen molar-refractivity contribution in [3.05, 3.63) is 106 Å². The zero-order valence-corrected chi connectivity index (χ0v) is 28.8. The highest BCUT2D eigenvalue weighted by molar-refractivity contribution is 7.23. The Hall–Kier alpha value is -5.37. The lowest BCUT2D eigenvalue weighted by Crippen LogP contribution is -2.28. The van der Waals surface area contributed by atoms with Gasteiger partial charge in [-0.25, -0.2) is 22.5 Å². The predicted molar refractivity (Wildman–Crippen MR) is 186 cm³/mol. The number of rotatable bonds is 8. The molecule has 264 valence electrons. The van der Waals surface area contributed by atoms with E-state index in [0.29, 0.717) is 68.3 Å². The Bertz CT molecular complexity index is 2410. The van der Waals surface area contributed by atoms with Crippen LogP contribution in [0.3, 0.4) is 0 Å². The second kappa shape index (κ2) is 12.1. The van der Waals surface area contributed by atoms with Crippen molar-refractivity contribution in [1.82, 2.24) is 25.1 Å². The van der Waals surface area contributed by atoms with Crippen LogP contribution in [0, 0.1) is 18.6 Å². The third-order valence-corrected chi connectivity index (χ3v) is 11.4. The normalized spacial score (nSPS) is 18.6. The molecule has 1 amide bonds. The molecule has 0 saturated carbocycles. The van der Waals surface area contributed by atoms with Crippen LogP contribution in [0.5, 0.6) is 5.75 Å². The maximum atomic E-state index is 15.7. The standard InChI is InChI=1S/C38H30F4N6O3S/c1-18-46-47-36(51-18)28-25(12-7-19-5-8-21(39)9-6-19)44-31-26-4-3-15-48(26)37(49)30(31)29(28)27-16-20-13-14-43-35(33(20)52-27)45-34-22-10-11-24(40)32(50-2)23(22)17-38(34,41)42/h5-6,8-11,13-14,16,26,34H,3-4,7,12,15,17H2,1-2H3,(H,43,45)/t26-,34-/m0/s1. The lowest BCUT2D eigenvalue weighted by atomic mass is 9.93. The van der Waals surface area contributed by atoms with Gasteiger partial charge in [0.2, 0.25) is 11.8 Å². The van der Waals surface area contributed by atoms with Crippen LogP contribution in [-0.2, 0) is 19.3 Å². The summed E-state index contributed by atoms with van der Waals surface area (Å²) in [6.45, 7) is 2.29. The molecule has 9 rings (SSSR count). The summed E-state index contributed by atoms with van der Waals surface area (Å²) in [4.78, 5) is 26.4. The highest BCUT2D eigenvalue weighted by Gasteiger charge is 2.50. The second-order valence-electron chi connectivity index (χ2n) is 13.3. The molecule has 2 atom stereocenters. The number of hydrogen-bond donors (Lipinski definition) is 1. The number of halogens is 4. The molecule has 1 N–H and O–H groups in total. The van der Waals surface area contributed by atoms with Gasteiger partial charge in [-0.3, -0.25) is 9.78 Å². The van der Waals surface area contributed by atoms with Crippen molar-refractivity contribution in [3.8, 4) is 27.6 Å². The van der Waals surface area contributed by atoms with Crippen molar-refractivity contribution >= 4 is 33.1 Å². The number of carbonyl (C=O) groups is 1. The number of carbonyl (C=O) groups excluding carboxylic acids is 1. The fourth-order valence-corrected chi connectivity index (χ4v) is 9.05. The summed E-state index contributed by atoms with van der Waals surface area (Å²) in [6, 6.07) is 10.8. The largest absolute Gasteiger partial charge is 0.493 e. The number of alkyl halides is 2. The maximum absolute atomic E-state index is 15.7. The number of aromatic nitrogens is 4. The Labute approximate surface area is 298 Å². The zero-order valence-electron chi connectivity index (χ0n) is 28.0. The quantitative estimate of drug-likeness (QED) is 0.156. The molecule has 2 aliphatic heterocycles. The van der Waals surface area contributed by atoms with Crippen molar-refractivity contribution in [3.63, 3.8) is 0 Å². The minimum atomic E-state index is -3.26. The highest BCUT2D eigenvalue weighted by atomic mass is 32.1. The number of hydrogen-bond acceptors (Lipinski definition) is 9. The first kappa shape index (κ1) is 32.5. The molecular weight excluding hydrogens is 697 g/mol. The molecule has 0 unspecified atom stereocenters. The molecule has 1 saturated heterocycles. The number of amides is 1. The summed E-state index contributed by atoms with van der Waals surface area (Å²) in [5.74, 6) is -3.87. The van der Waals surface area contributed by atoms with Gasteiger partial charge in [0.25, 0.3) is 11.8 Å². The van der Waals surface area contributed by atoms with Gasteiger partial charge in [0, 0.05) is 42.1 Å². The molecule has 14 heteroatoms. The van der Waals surface area contributed by atoms with Gasteiger partial charge in [-0.2, -0.15) is 0 Å². The molecule has 1 aliphatic carbocycles. The summed E-state index contributed by atoms with van der Waals surface area (Å²) in [5.41, 5.74) is 4.16. The van der Waals surface area contributed by atoms with Crippen molar-refractivity contribution in [2.45, 2.75) is 57.0 Å². The van der Waals surface area contributed by atoms with E-state index in [1.807, 2.05) is 11.0 Å². The van der Waals surface area contributed by atoms with Gasteiger partial charge in [0.1, 0.15) is 17.7 Å². The molecule has 1 fully saturated rings. The monoisotopic (exact) mass is 726 g/mol. The minimum absolute atomic E-state index is 0.114. The Morgan fingerprint density at radius 3 is 2.65 bits per heavy atom. The van der Waals surface area contributed by atoms with Crippen molar-refractivity contribution < 1.29 is 31.5 Å². The van der Waals surface area contributed by atoms with Crippen LogP contribution in [-0.4, -0.2) is 50.5 Å². The molecule has 0 radical (unpaired) electrons. The van der Waals surface area contributed by atoms with Gasteiger partial charge < -0.3 is 19.4 Å². The van der Waals surface area contributed by atoms with E-state index in [0.717, 1.165) is 24.5 Å². The molecule has 6 heterocycles. The molecule has 0 spiro atoms. The smallest absolute Gasteiger partial charge is 0.276 e. The van der Waals surface area contributed by atoms with Crippen LogP contribution >= 0.6 is 11.3 Å². The molecule has 52 heavy (non-hydrogen) atoms. The summed E-state index contributed by atoms with van der Waals surface area (Å²) in [5, 5.41) is 12.2. The number of pyridine rings is 2. The van der Waals surface area contributed by atoms with Gasteiger partial charge >= 0.3 is 0 Å². The van der Waals surface area contributed by atoms with E-state index in [4.69, 9.17) is 14.1 Å². The maximum Gasteiger partial charge on any atom is 0.276 e. The molecule has 4 aromatic heterocycles. The predicted octanol–water partition coefficient (Wildman–Crippen LogP) is 8.42.